The summed E-state index contributed by atoms with van der Waals surface area (Å²) in [5.74, 6) is 1.13. The number of aryl methyl sites for hydroxylation is 1. The lowest BCUT2D eigenvalue weighted by molar-refractivity contribution is 0.659. The lowest BCUT2D eigenvalue weighted by Crippen LogP contribution is -2.17. The van der Waals surface area contributed by atoms with Gasteiger partial charge < -0.3 is 9.88 Å². The average molecular weight is 303 g/mol. The Kier molecular flexibility index (Phi) is 4.30. The van der Waals surface area contributed by atoms with Crippen LogP contribution in [0.3, 0.4) is 0 Å². The van der Waals surface area contributed by atoms with E-state index in [9.17, 15) is 0 Å². The van der Waals surface area contributed by atoms with E-state index in [1.807, 2.05) is 30.8 Å². The molecule has 1 N–H and O–H groups in total. The third kappa shape index (κ3) is 3.17. The number of thiophene rings is 2. The summed E-state index contributed by atoms with van der Waals surface area (Å²) in [6.45, 7) is 1.89. The quantitative estimate of drug-likeness (QED) is 0.706. The molecule has 0 radical (unpaired) electrons. The van der Waals surface area contributed by atoms with Gasteiger partial charge in [0, 0.05) is 54.3 Å². The van der Waals surface area contributed by atoms with Crippen molar-refractivity contribution in [2.24, 2.45) is 7.05 Å². The van der Waals surface area contributed by atoms with Crippen LogP contribution in [0.2, 0.25) is 0 Å². The van der Waals surface area contributed by atoms with Gasteiger partial charge in [-0.25, -0.2) is 4.98 Å². The van der Waals surface area contributed by atoms with Crippen LogP contribution in [0.5, 0.6) is 0 Å². The summed E-state index contributed by atoms with van der Waals surface area (Å²) < 4.78 is 2.07. The minimum absolute atomic E-state index is 0.931. The first kappa shape index (κ1) is 13.5. The first-order chi connectivity index (χ1) is 9.83. The molecule has 0 aliphatic rings. The Morgan fingerprint density at radius 3 is 3.05 bits per heavy atom. The number of imidazole rings is 1. The molecule has 0 fully saturated rings. The molecule has 104 valence electrons. The van der Waals surface area contributed by atoms with Crippen LogP contribution in [-0.4, -0.2) is 16.1 Å². The zero-order valence-electron chi connectivity index (χ0n) is 11.4. The summed E-state index contributed by atoms with van der Waals surface area (Å²) in [4.78, 5) is 7.06. The second-order valence-electron chi connectivity index (χ2n) is 4.66. The molecule has 3 heterocycles. The van der Waals surface area contributed by atoms with Gasteiger partial charge >= 0.3 is 0 Å². The van der Waals surface area contributed by atoms with Gasteiger partial charge in [-0.05, 0) is 22.9 Å². The van der Waals surface area contributed by atoms with E-state index in [0.717, 1.165) is 25.3 Å². The zero-order chi connectivity index (χ0) is 13.8. The van der Waals surface area contributed by atoms with E-state index in [-0.39, 0.29) is 0 Å². The van der Waals surface area contributed by atoms with Crippen molar-refractivity contribution in [3.8, 4) is 10.4 Å². The van der Waals surface area contributed by atoms with Crippen LogP contribution in [0.4, 0.5) is 0 Å². The van der Waals surface area contributed by atoms with E-state index in [4.69, 9.17) is 0 Å². The van der Waals surface area contributed by atoms with Gasteiger partial charge in [-0.3, -0.25) is 0 Å². The second kappa shape index (κ2) is 6.35. The summed E-state index contributed by atoms with van der Waals surface area (Å²) in [6.07, 6.45) is 4.80. The summed E-state index contributed by atoms with van der Waals surface area (Å²) >= 11 is 3.61. The maximum atomic E-state index is 4.33. The van der Waals surface area contributed by atoms with Gasteiger partial charge in [0.1, 0.15) is 5.82 Å². The molecule has 0 spiro atoms. The fourth-order valence-corrected chi connectivity index (χ4v) is 3.74. The monoisotopic (exact) mass is 303 g/mol. The molecule has 3 aromatic heterocycles. The van der Waals surface area contributed by atoms with Crippen molar-refractivity contribution in [3.63, 3.8) is 0 Å². The van der Waals surface area contributed by atoms with E-state index < -0.39 is 0 Å². The van der Waals surface area contributed by atoms with Crippen LogP contribution in [0.1, 0.15) is 10.7 Å². The molecule has 0 amide bonds. The number of hydrogen-bond donors (Lipinski definition) is 1. The first-order valence-electron chi connectivity index (χ1n) is 6.61. The molecule has 0 aliphatic heterocycles. The van der Waals surface area contributed by atoms with Gasteiger partial charge in [0.25, 0.3) is 0 Å². The standard InChI is InChI=1S/C15H17N3S2/c1-18-7-6-17-15(18)4-5-16-10-13-9-12(11-20-13)14-3-2-8-19-14/h2-3,6-9,11,16H,4-5,10H2,1H3. The third-order valence-electron chi connectivity index (χ3n) is 3.21. The molecular formula is C15H17N3S2. The smallest absolute Gasteiger partial charge is 0.109 e. The molecule has 3 nitrogen and oxygen atoms in total. The Labute approximate surface area is 126 Å². The number of aromatic nitrogens is 2. The maximum Gasteiger partial charge on any atom is 0.109 e. The lowest BCUT2D eigenvalue weighted by atomic mass is 10.2. The van der Waals surface area contributed by atoms with Crippen molar-refractivity contribution < 1.29 is 0 Å². The molecule has 0 aromatic carbocycles. The minimum atomic E-state index is 0.931. The van der Waals surface area contributed by atoms with Gasteiger partial charge in [-0.1, -0.05) is 6.07 Å². The highest BCUT2D eigenvalue weighted by Crippen LogP contribution is 2.29. The fraction of sp³-hybridized carbons (Fsp3) is 0.267. The minimum Gasteiger partial charge on any atom is -0.338 e. The number of nitrogens with zero attached hydrogens (tertiary/aromatic N) is 2. The Morgan fingerprint density at radius 2 is 2.30 bits per heavy atom. The highest BCUT2D eigenvalue weighted by Gasteiger charge is 2.03. The van der Waals surface area contributed by atoms with Crippen molar-refractivity contribution in [3.05, 3.63) is 52.1 Å². The third-order valence-corrected chi connectivity index (χ3v) is 5.06. The lowest BCUT2D eigenvalue weighted by Gasteiger charge is -2.03. The molecule has 20 heavy (non-hydrogen) atoms. The van der Waals surface area contributed by atoms with Gasteiger partial charge in [-0.15, -0.1) is 22.7 Å². The molecule has 0 saturated heterocycles. The molecule has 0 saturated carbocycles. The summed E-state index contributed by atoms with van der Waals surface area (Å²) in [5.41, 5.74) is 1.34. The summed E-state index contributed by atoms with van der Waals surface area (Å²) in [6, 6.07) is 6.55. The molecule has 0 bridgehead atoms. The Balaban J connectivity index is 1.48. The SMILES string of the molecule is Cn1ccnc1CCNCc1cc(-c2cccs2)cs1. The first-order valence-corrected chi connectivity index (χ1v) is 8.37. The van der Waals surface area contributed by atoms with Crippen LogP contribution < -0.4 is 5.32 Å². The largest absolute Gasteiger partial charge is 0.338 e. The van der Waals surface area contributed by atoms with Gasteiger partial charge in [0.2, 0.25) is 0 Å². The predicted molar refractivity (Wildman–Crippen MR) is 86.3 cm³/mol. The molecule has 0 unspecified atom stereocenters. The second-order valence-corrected chi connectivity index (χ2v) is 6.60. The number of rotatable bonds is 6. The average Bonchev–Trinajstić information content (AvgIpc) is 3.17. The van der Waals surface area contributed by atoms with E-state index in [1.165, 1.54) is 15.3 Å². The molecule has 0 aliphatic carbocycles. The van der Waals surface area contributed by atoms with Crippen LogP contribution >= 0.6 is 22.7 Å². The van der Waals surface area contributed by atoms with Crippen LogP contribution in [0.25, 0.3) is 10.4 Å². The molecule has 5 heteroatoms. The highest BCUT2D eigenvalue weighted by molar-refractivity contribution is 7.14. The van der Waals surface area contributed by atoms with Gasteiger partial charge in [0.15, 0.2) is 0 Å². The van der Waals surface area contributed by atoms with Crippen molar-refractivity contribution in [2.45, 2.75) is 13.0 Å². The Morgan fingerprint density at radius 1 is 1.35 bits per heavy atom. The molecule has 0 atom stereocenters. The molecular weight excluding hydrogens is 286 g/mol. The van der Waals surface area contributed by atoms with Crippen molar-refractivity contribution in [1.82, 2.24) is 14.9 Å². The van der Waals surface area contributed by atoms with Gasteiger partial charge in [-0.2, -0.15) is 0 Å². The van der Waals surface area contributed by atoms with E-state index >= 15 is 0 Å². The van der Waals surface area contributed by atoms with Gasteiger partial charge in [0.05, 0.1) is 0 Å². The number of hydrogen-bond acceptors (Lipinski definition) is 4. The molecule has 3 aromatic rings. The summed E-state index contributed by atoms with van der Waals surface area (Å²) in [5, 5.41) is 7.85. The van der Waals surface area contributed by atoms with Crippen molar-refractivity contribution in [2.75, 3.05) is 6.54 Å². The fourth-order valence-electron chi connectivity index (χ4n) is 2.09. The van der Waals surface area contributed by atoms with E-state index in [1.54, 1.807) is 11.3 Å². The summed E-state index contributed by atoms with van der Waals surface area (Å²) in [7, 11) is 2.04. The van der Waals surface area contributed by atoms with Crippen LogP contribution in [0.15, 0.2) is 41.4 Å². The zero-order valence-corrected chi connectivity index (χ0v) is 13.0. The Hall–Kier alpha value is -1.43. The predicted octanol–water partition coefficient (Wildman–Crippen LogP) is 3.54. The molecule has 3 rings (SSSR count). The van der Waals surface area contributed by atoms with E-state index in [0.29, 0.717) is 0 Å². The topological polar surface area (TPSA) is 29.9 Å². The highest BCUT2D eigenvalue weighted by atomic mass is 32.1. The van der Waals surface area contributed by atoms with Crippen molar-refractivity contribution >= 4 is 22.7 Å². The Bertz CT molecular complexity index is 652. The maximum absolute atomic E-state index is 4.33. The van der Waals surface area contributed by atoms with E-state index in [2.05, 4.69) is 43.8 Å². The normalized spacial score (nSPS) is 11.1. The van der Waals surface area contributed by atoms with Crippen LogP contribution in [-0.2, 0) is 20.0 Å². The van der Waals surface area contributed by atoms with Crippen molar-refractivity contribution in [1.29, 1.82) is 0 Å². The van der Waals surface area contributed by atoms with Crippen LogP contribution in [0, 0.1) is 0 Å². The number of nitrogens with one attached hydrogen (secondary N) is 1.